The summed E-state index contributed by atoms with van der Waals surface area (Å²) in [6.45, 7) is 4.27. The van der Waals surface area contributed by atoms with Crippen molar-refractivity contribution in [2.75, 3.05) is 11.1 Å². The minimum Gasteiger partial charge on any atom is -0.394 e. The topological polar surface area (TPSA) is 55.9 Å². The fourth-order valence-corrected chi connectivity index (χ4v) is 2.74. The van der Waals surface area contributed by atoms with E-state index in [9.17, 15) is 0 Å². The molecule has 0 radical (unpaired) electrons. The molecule has 0 amide bonds. The Labute approximate surface area is 112 Å². The zero-order valence-corrected chi connectivity index (χ0v) is 11.9. The summed E-state index contributed by atoms with van der Waals surface area (Å²) < 4.78 is 1.84. The average Bonchev–Trinajstić information content (AvgIpc) is 2.94. The first-order valence-electron chi connectivity index (χ1n) is 6.24. The predicted molar refractivity (Wildman–Crippen MR) is 78.0 cm³/mol. The van der Waals surface area contributed by atoms with E-state index >= 15 is 0 Å². The van der Waals surface area contributed by atoms with E-state index in [1.807, 2.05) is 11.7 Å². The molecule has 0 aliphatic heterocycles. The van der Waals surface area contributed by atoms with Gasteiger partial charge in [0.15, 0.2) is 0 Å². The molecule has 0 aromatic carbocycles. The highest BCUT2D eigenvalue weighted by atomic mass is 32.1. The third-order valence-corrected chi connectivity index (χ3v) is 4.03. The van der Waals surface area contributed by atoms with E-state index in [-0.39, 0.29) is 6.04 Å². The van der Waals surface area contributed by atoms with Crippen LogP contribution in [0.15, 0.2) is 17.5 Å². The Balaban J connectivity index is 2.18. The summed E-state index contributed by atoms with van der Waals surface area (Å²) in [5.41, 5.74) is 7.92. The fourth-order valence-electron chi connectivity index (χ4n) is 2.00. The summed E-state index contributed by atoms with van der Waals surface area (Å²) >= 11 is 1.75. The van der Waals surface area contributed by atoms with E-state index in [1.54, 1.807) is 11.3 Å². The summed E-state index contributed by atoms with van der Waals surface area (Å²) in [6, 6.07) is 4.44. The minimum atomic E-state index is 0.247. The lowest BCUT2D eigenvalue weighted by molar-refractivity contribution is 0.726. The number of anilines is 2. The Morgan fingerprint density at radius 2 is 2.33 bits per heavy atom. The lowest BCUT2D eigenvalue weighted by atomic mass is 10.2. The van der Waals surface area contributed by atoms with Crippen molar-refractivity contribution < 1.29 is 0 Å². The summed E-state index contributed by atoms with van der Waals surface area (Å²) in [5.74, 6) is 0.916. The molecule has 0 saturated carbocycles. The van der Waals surface area contributed by atoms with E-state index in [2.05, 4.69) is 41.8 Å². The van der Waals surface area contributed by atoms with E-state index in [1.165, 1.54) is 4.88 Å². The van der Waals surface area contributed by atoms with Gasteiger partial charge in [0.2, 0.25) is 0 Å². The van der Waals surface area contributed by atoms with Crippen LogP contribution in [0.4, 0.5) is 11.5 Å². The highest BCUT2D eigenvalue weighted by Crippen LogP contribution is 2.28. The second-order valence-electron chi connectivity index (χ2n) is 4.46. The van der Waals surface area contributed by atoms with Crippen LogP contribution in [0.2, 0.25) is 0 Å². The molecule has 0 spiro atoms. The molecule has 3 N–H and O–H groups in total. The largest absolute Gasteiger partial charge is 0.394 e. The SMILES string of the molecule is CCCc1nn(C)c(NC(C)c2cccs2)c1N. The number of hydrogen-bond donors (Lipinski definition) is 2. The molecule has 2 rings (SSSR count). The number of nitrogens with one attached hydrogen (secondary N) is 1. The van der Waals surface area contributed by atoms with Crippen molar-refractivity contribution in [3.8, 4) is 0 Å². The third-order valence-electron chi connectivity index (χ3n) is 2.97. The number of aryl methyl sites for hydroxylation is 2. The molecule has 0 aliphatic carbocycles. The van der Waals surface area contributed by atoms with Gasteiger partial charge in [-0.05, 0) is 24.8 Å². The molecular formula is C13H20N4S. The van der Waals surface area contributed by atoms with Crippen LogP contribution in [0.1, 0.15) is 36.9 Å². The number of thiophene rings is 1. The number of aromatic nitrogens is 2. The molecule has 0 aliphatic rings. The third kappa shape index (κ3) is 2.51. The summed E-state index contributed by atoms with van der Waals surface area (Å²) in [6.07, 6.45) is 1.98. The molecule has 18 heavy (non-hydrogen) atoms. The van der Waals surface area contributed by atoms with Gasteiger partial charge in [-0.25, -0.2) is 0 Å². The zero-order chi connectivity index (χ0) is 13.1. The Morgan fingerprint density at radius 3 is 2.94 bits per heavy atom. The van der Waals surface area contributed by atoms with Gasteiger partial charge >= 0.3 is 0 Å². The van der Waals surface area contributed by atoms with E-state index in [0.717, 1.165) is 30.0 Å². The van der Waals surface area contributed by atoms with Crippen molar-refractivity contribution in [3.05, 3.63) is 28.1 Å². The minimum absolute atomic E-state index is 0.247. The normalized spacial score (nSPS) is 12.6. The van der Waals surface area contributed by atoms with Crippen LogP contribution >= 0.6 is 11.3 Å². The average molecular weight is 264 g/mol. The van der Waals surface area contributed by atoms with Crippen molar-refractivity contribution in [2.45, 2.75) is 32.7 Å². The number of nitrogens with zero attached hydrogens (tertiary/aromatic N) is 2. The molecular weight excluding hydrogens is 244 g/mol. The number of nitrogen functional groups attached to an aromatic ring is 1. The van der Waals surface area contributed by atoms with Gasteiger partial charge in [-0.2, -0.15) is 5.10 Å². The van der Waals surface area contributed by atoms with Crippen molar-refractivity contribution >= 4 is 22.8 Å². The lowest BCUT2D eigenvalue weighted by Gasteiger charge is -2.14. The maximum Gasteiger partial charge on any atom is 0.148 e. The first-order valence-corrected chi connectivity index (χ1v) is 7.12. The molecule has 0 fully saturated rings. The van der Waals surface area contributed by atoms with Crippen molar-refractivity contribution in [2.24, 2.45) is 7.05 Å². The van der Waals surface area contributed by atoms with Gasteiger partial charge in [-0.1, -0.05) is 19.4 Å². The van der Waals surface area contributed by atoms with Gasteiger partial charge in [-0.15, -0.1) is 11.3 Å². The van der Waals surface area contributed by atoms with Crippen LogP contribution in [0, 0.1) is 0 Å². The maximum atomic E-state index is 6.15. The van der Waals surface area contributed by atoms with Crippen LogP contribution in [0.25, 0.3) is 0 Å². The number of hydrogen-bond acceptors (Lipinski definition) is 4. The second kappa shape index (κ2) is 5.44. The number of nitrogens with two attached hydrogens (primary N) is 1. The van der Waals surface area contributed by atoms with Gasteiger partial charge in [0, 0.05) is 11.9 Å². The first-order chi connectivity index (χ1) is 8.63. The molecule has 5 heteroatoms. The molecule has 1 atom stereocenters. The fraction of sp³-hybridized carbons (Fsp3) is 0.462. The standard InChI is InChI=1S/C13H20N4S/c1-4-6-10-12(14)13(17(3)16-10)15-9(2)11-7-5-8-18-11/h5,7-9,15H,4,6,14H2,1-3H3. The molecule has 2 aromatic heterocycles. The van der Waals surface area contributed by atoms with Crippen LogP contribution in [-0.4, -0.2) is 9.78 Å². The Bertz CT molecular complexity index is 501. The number of rotatable bonds is 5. The predicted octanol–water partition coefficient (Wildman–Crippen LogP) is 3.19. The van der Waals surface area contributed by atoms with Gasteiger partial charge in [0.1, 0.15) is 5.82 Å². The summed E-state index contributed by atoms with van der Waals surface area (Å²) in [7, 11) is 1.93. The first kappa shape index (κ1) is 13.0. The van der Waals surface area contributed by atoms with Gasteiger partial charge in [0.05, 0.1) is 17.4 Å². The molecule has 0 saturated heterocycles. The zero-order valence-electron chi connectivity index (χ0n) is 11.1. The van der Waals surface area contributed by atoms with Gasteiger partial charge < -0.3 is 11.1 Å². The van der Waals surface area contributed by atoms with Gasteiger partial charge in [-0.3, -0.25) is 4.68 Å². The molecule has 0 bridgehead atoms. The quantitative estimate of drug-likeness (QED) is 0.872. The maximum absolute atomic E-state index is 6.15. The van der Waals surface area contributed by atoms with E-state index < -0.39 is 0 Å². The van der Waals surface area contributed by atoms with Crippen molar-refractivity contribution in [1.29, 1.82) is 0 Å². The molecule has 1 unspecified atom stereocenters. The second-order valence-corrected chi connectivity index (χ2v) is 5.44. The van der Waals surface area contributed by atoms with Crippen LogP contribution in [0.5, 0.6) is 0 Å². The smallest absolute Gasteiger partial charge is 0.148 e. The summed E-state index contributed by atoms with van der Waals surface area (Å²) in [5, 5.41) is 10.00. The lowest BCUT2D eigenvalue weighted by Crippen LogP contribution is -2.10. The van der Waals surface area contributed by atoms with E-state index in [4.69, 9.17) is 5.73 Å². The highest BCUT2D eigenvalue weighted by Gasteiger charge is 2.15. The molecule has 4 nitrogen and oxygen atoms in total. The molecule has 98 valence electrons. The Morgan fingerprint density at radius 1 is 1.56 bits per heavy atom. The monoisotopic (exact) mass is 264 g/mol. The van der Waals surface area contributed by atoms with Crippen LogP contribution < -0.4 is 11.1 Å². The molecule has 2 aromatic rings. The Hall–Kier alpha value is -1.49. The van der Waals surface area contributed by atoms with Crippen LogP contribution in [-0.2, 0) is 13.5 Å². The molecule has 2 heterocycles. The van der Waals surface area contributed by atoms with E-state index in [0.29, 0.717) is 0 Å². The summed E-state index contributed by atoms with van der Waals surface area (Å²) in [4.78, 5) is 1.30. The van der Waals surface area contributed by atoms with Crippen molar-refractivity contribution in [3.63, 3.8) is 0 Å². The highest BCUT2D eigenvalue weighted by molar-refractivity contribution is 7.10. The van der Waals surface area contributed by atoms with Crippen molar-refractivity contribution in [1.82, 2.24) is 9.78 Å². The Kier molecular flexibility index (Phi) is 3.91. The van der Waals surface area contributed by atoms with Gasteiger partial charge in [0.25, 0.3) is 0 Å². The van der Waals surface area contributed by atoms with Crippen LogP contribution in [0.3, 0.4) is 0 Å².